The molecule has 0 spiro atoms. The Kier molecular flexibility index (Phi) is 6.65. The topological polar surface area (TPSA) is 37.3 Å². The van der Waals surface area contributed by atoms with E-state index in [0.717, 1.165) is 12.0 Å². The summed E-state index contributed by atoms with van der Waals surface area (Å²) in [5.74, 6) is -0.778. The average Bonchev–Trinajstić information content (AvgIpc) is 2.40. The lowest BCUT2D eigenvalue weighted by atomic mass is 10.1. The van der Waals surface area contributed by atoms with E-state index >= 15 is 0 Å². The van der Waals surface area contributed by atoms with Crippen molar-refractivity contribution < 1.29 is 9.90 Å². The smallest absolute Gasteiger partial charge is 0.307 e. The first-order valence-electron chi connectivity index (χ1n) is 6.74. The third-order valence-corrected chi connectivity index (χ3v) is 2.97. The van der Waals surface area contributed by atoms with E-state index in [1.165, 1.54) is 24.0 Å². The molecule has 2 heteroatoms. The molecule has 1 aromatic rings. The van der Waals surface area contributed by atoms with Crippen molar-refractivity contribution >= 4 is 5.97 Å². The zero-order valence-corrected chi connectivity index (χ0v) is 11.7. The molecule has 0 bridgehead atoms. The minimum absolute atomic E-state index is 0.115. The monoisotopic (exact) mass is 258 g/mol. The highest BCUT2D eigenvalue weighted by Gasteiger charge is 1.98. The Morgan fingerprint density at radius 1 is 1.16 bits per heavy atom. The van der Waals surface area contributed by atoms with Crippen molar-refractivity contribution in [3.8, 4) is 0 Å². The standard InChI is InChI=1S/C10H12O2.C7H10/c1-2-8-3-5-9(6-4-8)7-10(11)12;1-7-5-3-2-4-6-7/h3-6H,2,7H2,1H3,(H,11,12);3,5-6H,2,4H2,1H3. The molecule has 1 aliphatic rings. The zero-order valence-electron chi connectivity index (χ0n) is 11.7. The molecule has 0 heterocycles. The molecule has 0 aliphatic heterocycles. The van der Waals surface area contributed by atoms with Crippen LogP contribution in [0.15, 0.2) is 48.1 Å². The molecular weight excluding hydrogens is 236 g/mol. The number of carboxylic acid groups (broad SMARTS) is 1. The van der Waals surface area contributed by atoms with Gasteiger partial charge in [0.2, 0.25) is 0 Å². The molecule has 2 rings (SSSR count). The van der Waals surface area contributed by atoms with Crippen molar-refractivity contribution in [3.63, 3.8) is 0 Å². The summed E-state index contributed by atoms with van der Waals surface area (Å²) in [7, 11) is 0. The van der Waals surface area contributed by atoms with Crippen LogP contribution >= 0.6 is 0 Å². The van der Waals surface area contributed by atoms with Gasteiger partial charge in [0.25, 0.3) is 0 Å². The highest BCUT2D eigenvalue weighted by Crippen LogP contribution is 2.07. The third-order valence-electron chi connectivity index (χ3n) is 2.97. The van der Waals surface area contributed by atoms with Crippen LogP contribution in [0.3, 0.4) is 0 Å². The van der Waals surface area contributed by atoms with E-state index in [-0.39, 0.29) is 6.42 Å². The van der Waals surface area contributed by atoms with E-state index in [9.17, 15) is 4.79 Å². The first-order chi connectivity index (χ1) is 9.11. The predicted octanol–water partition coefficient (Wildman–Crippen LogP) is 4.16. The molecule has 0 atom stereocenters. The van der Waals surface area contributed by atoms with Gasteiger partial charge in [-0.25, -0.2) is 0 Å². The molecule has 19 heavy (non-hydrogen) atoms. The molecular formula is C17H22O2. The van der Waals surface area contributed by atoms with E-state index in [1.54, 1.807) is 0 Å². The number of aryl methyl sites for hydroxylation is 1. The number of benzene rings is 1. The normalized spacial score (nSPS) is 13.3. The van der Waals surface area contributed by atoms with Crippen LogP contribution in [-0.2, 0) is 17.6 Å². The fourth-order valence-electron chi connectivity index (χ4n) is 1.81. The van der Waals surface area contributed by atoms with Crippen molar-refractivity contribution in [2.45, 2.75) is 39.5 Å². The Morgan fingerprint density at radius 2 is 1.79 bits per heavy atom. The van der Waals surface area contributed by atoms with E-state index < -0.39 is 5.97 Å². The van der Waals surface area contributed by atoms with Gasteiger partial charge in [-0.3, -0.25) is 4.79 Å². The van der Waals surface area contributed by atoms with Crippen LogP contribution in [0.25, 0.3) is 0 Å². The summed E-state index contributed by atoms with van der Waals surface area (Å²) >= 11 is 0. The molecule has 0 unspecified atom stereocenters. The summed E-state index contributed by atoms with van der Waals surface area (Å²) < 4.78 is 0. The molecule has 1 N–H and O–H groups in total. The molecule has 0 aromatic heterocycles. The molecule has 0 amide bonds. The Morgan fingerprint density at radius 3 is 2.16 bits per heavy atom. The molecule has 0 saturated heterocycles. The lowest BCUT2D eigenvalue weighted by Gasteiger charge is -1.98. The van der Waals surface area contributed by atoms with Gasteiger partial charge in [-0.1, -0.05) is 55.0 Å². The predicted molar refractivity (Wildman–Crippen MR) is 79.3 cm³/mol. The molecule has 1 aromatic carbocycles. The van der Waals surface area contributed by atoms with Gasteiger partial charge >= 0.3 is 5.97 Å². The van der Waals surface area contributed by atoms with Crippen LogP contribution in [0.5, 0.6) is 0 Å². The Hall–Kier alpha value is -1.83. The molecule has 0 fully saturated rings. The molecule has 1 aliphatic carbocycles. The van der Waals surface area contributed by atoms with Crippen molar-refractivity contribution in [2.24, 2.45) is 0 Å². The summed E-state index contributed by atoms with van der Waals surface area (Å²) in [5, 5.41) is 8.49. The molecule has 102 valence electrons. The van der Waals surface area contributed by atoms with Crippen molar-refractivity contribution in [2.75, 3.05) is 0 Å². The summed E-state index contributed by atoms with van der Waals surface area (Å²) in [6.45, 7) is 4.21. The SMILES string of the molecule is CC1=CCCC=C1.CCc1ccc(CC(=O)O)cc1. The highest BCUT2D eigenvalue weighted by atomic mass is 16.4. The zero-order chi connectivity index (χ0) is 14.1. The van der Waals surface area contributed by atoms with Crippen LogP contribution < -0.4 is 0 Å². The minimum Gasteiger partial charge on any atom is -0.481 e. The lowest BCUT2D eigenvalue weighted by Crippen LogP contribution is -1.99. The summed E-state index contributed by atoms with van der Waals surface area (Å²) in [5.41, 5.74) is 3.51. The van der Waals surface area contributed by atoms with Crippen molar-refractivity contribution in [1.29, 1.82) is 0 Å². The number of carbonyl (C=O) groups is 1. The Balaban J connectivity index is 0.000000218. The van der Waals surface area contributed by atoms with Gasteiger partial charge in [-0.2, -0.15) is 0 Å². The maximum atomic E-state index is 10.3. The number of aliphatic carboxylic acids is 1. The first-order valence-corrected chi connectivity index (χ1v) is 6.74. The quantitative estimate of drug-likeness (QED) is 0.884. The second kappa shape index (κ2) is 8.30. The molecule has 0 radical (unpaired) electrons. The van der Waals surface area contributed by atoms with Gasteiger partial charge in [-0.15, -0.1) is 0 Å². The van der Waals surface area contributed by atoms with E-state index in [2.05, 4.69) is 32.1 Å². The summed E-state index contributed by atoms with van der Waals surface area (Å²) in [4.78, 5) is 10.3. The third kappa shape index (κ3) is 6.61. The van der Waals surface area contributed by atoms with Crippen LogP contribution in [0.2, 0.25) is 0 Å². The number of carboxylic acids is 1. The summed E-state index contributed by atoms with van der Waals surface area (Å²) in [6, 6.07) is 7.68. The fourth-order valence-corrected chi connectivity index (χ4v) is 1.81. The molecule has 0 saturated carbocycles. The van der Waals surface area contributed by atoms with E-state index in [0.29, 0.717) is 0 Å². The van der Waals surface area contributed by atoms with Gasteiger partial charge < -0.3 is 5.11 Å². The second-order valence-corrected chi connectivity index (χ2v) is 4.67. The maximum absolute atomic E-state index is 10.3. The van der Waals surface area contributed by atoms with Crippen molar-refractivity contribution in [1.82, 2.24) is 0 Å². The number of hydrogen-bond acceptors (Lipinski definition) is 1. The fraction of sp³-hybridized carbons (Fsp3) is 0.353. The van der Waals surface area contributed by atoms with Gasteiger partial charge in [0.05, 0.1) is 6.42 Å². The van der Waals surface area contributed by atoms with Gasteiger partial charge in [-0.05, 0) is 37.3 Å². The van der Waals surface area contributed by atoms with Crippen LogP contribution in [0, 0.1) is 0 Å². The van der Waals surface area contributed by atoms with Crippen LogP contribution in [-0.4, -0.2) is 11.1 Å². The van der Waals surface area contributed by atoms with Gasteiger partial charge in [0.1, 0.15) is 0 Å². The minimum atomic E-state index is -0.778. The lowest BCUT2D eigenvalue weighted by molar-refractivity contribution is -0.136. The van der Waals surface area contributed by atoms with E-state index in [1.807, 2.05) is 24.3 Å². The largest absolute Gasteiger partial charge is 0.481 e. The van der Waals surface area contributed by atoms with Gasteiger partial charge in [0.15, 0.2) is 0 Å². The Labute approximate surface area is 115 Å². The first kappa shape index (κ1) is 15.2. The van der Waals surface area contributed by atoms with Gasteiger partial charge in [0, 0.05) is 0 Å². The number of rotatable bonds is 3. The highest BCUT2D eigenvalue weighted by molar-refractivity contribution is 5.70. The van der Waals surface area contributed by atoms with E-state index in [4.69, 9.17) is 5.11 Å². The second-order valence-electron chi connectivity index (χ2n) is 4.67. The maximum Gasteiger partial charge on any atom is 0.307 e. The van der Waals surface area contributed by atoms with Crippen LogP contribution in [0.1, 0.15) is 37.8 Å². The van der Waals surface area contributed by atoms with Crippen molar-refractivity contribution in [3.05, 3.63) is 59.2 Å². The molecule has 2 nitrogen and oxygen atoms in total. The number of hydrogen-bond donors (Lipinski definition) is 1. The Bertz CT molecular complexity index is 453. The van der Waals surface area contributed by atoms with Crippen LogP contribution in [0.4, 0.5) is 0 Å². The average molecular weight is 258 g/mol. The summed E-state index contributed by atoms with van der Waals surface area (Å²) in [6.07, 6.45) is 10.2. The number of allylic oxidation sites excluding steroid dienone is 4.